The smallest absolute Gasteiger partial charge is 0.323 e. The van der Waals surface area contributed by atoms with Crippen molar-refractivity contribution in [2.45, 2.75) is 24.4 Å². The van der Waals surface area contributed by atoms with Crippen LogP contribution >= 0.6 is 11.8 Å². The third-order valence-corrected chi connectivity index (χ3v) is 5.16. The van der Waals surface area contributed by atoms with E-state index in [1.54, 1.807) is 30.0 Å². The number of benzene rings is 2. The molecule has 0 saturated heterocycles. The van der Waals surface area contributed by atoms with Crippen LogP contribution in [0.25, 0.3) is 11.0 Å². The van der Waals surface area contributed by atoms with E-state index in [0.717, 1.165) is 5.56 Å². The summed E-state index contributed by atoms with van der Waals surface area (Å²) in [6.45, 7) is 2.57. The second-order valence-electron chi connectivity index (χ2n) is 6.27. The van der Waals surface area contributed by atoms with Gasteiger partial charge in [-0.1, -0.05) is 12.1 Å². The van der Waals surface area contributed by atoms with Gasteiger partial charge in [-0.05, 0) is 56.1 Å². The lowest BCUT2D eigenvalue weighted by Crippen LogP contribution is -2.39. The van der Waals surface area contributed by atoms with E-state index in [-0.39, 0.29) is 17.6 Å². The number of hydrogen-bond donors (Lipinski definition) is 3. The van der Waals surface area contributed by atoms with Crippen LogP contribution in [0.15, 0.2) is 52.2 Å². The molecule has 6 nitrogen and oxygen atoms in total. The molecule has 0 aliphatic carbocycles. The van der Waals surface area contributed by atoms with Gasteiger partial charge in [0.2, 0.25) is 5.91 Å². The third-order valence-electron chi connectivity index (χ3n) is 4.42. The van der Waals surface area contributed by atoms with Crippen molar-refractivity contribution in [3.63, 3.8) is 0 Å². The summed E-state index contributed by atoms with van der Waals surface area (Å²) in [5.41, 5.74) is 2.94. The number of nitrogens with zero attached hydrogens (tertiary/aromatic N) is 1. The normalized spacial score (nSPS) is 12.5. The van der Waals surface area contributed by atoms with Gasteiger partial charge in [-0.15, -0.1) is 11.8 Å². The fourth-order valence-electron chi connectivity index (χ4n) is 2.71. The van der Waals surface area contributed by atoms with E-state index in [1.807, 2.05) is 25.1 Å². The quantitative estimate of drug-likeness (QED) is 0.583. The van der Waals surface area contributed by atoms with E-state index in [9.17, 15) is 9.59 Å². The Morgan fingerprint density at radius 2 is 1.85 bits per heavy atom. The van der Waals surface area contributed by atoms with E-state index in [1.165, 1.54) is 4.90 Å². The molecule has 0 aliphatic rings. The highest BCUT2D eigenvalue weighted by molar-refractivity contribution is 7.98. The molecule has 3 rings (SSSR count). The number of rotatable bonds is 6. The average molecular weight is 370 g/mol. The Labute approximate surface area is 156 Å². The summed E-state index contributed by atoms with van der Waals surface area (Å²) in [6.07, 6.45) is 2.05. The van der Waals surface area contributed by atoms with Crippen LogP contribution in [-0.4, -0.2) is 40.1 Å². The number of carbonyl (C=O) groups is 1. The Morgan fingerprint density at radius 1 is 1.15 bits per heavy atom. The monoisotopic (exact) mass is 370 g/mol. The second kappa shape index (κ2) is 7.80. The summed E-state index contributed by atoms with van der Waals surface area (Å²) in [7, 11) is 1.93. The molecule has 3 aromatic rings. The lowest BCUT2D eigenvalue weighted by molar-refractivity contribution is -0.120. The predicted molar refractivity (Wildman–Crippen MR) is 107 cm³/mol. The van der Waals surface area contributed by atoms with Gasteiger partial charge < -0.3 is 15.3 Å². The molecule has 0 aliphatic heterocycles. The lowest BCUT2D eigenvalue weighted by atomic mass is 10.2. The number of fused-ring (bicyclic) bond motifs is 1. The number of aromatic amines is 2. The van der Waals surface area contributed by atoms with E-state index >= 15 is 0 Å². The summed E-state index contributed by atoms with van der Waals surface area (Å²) >= 11 is 1.71. The van der Waals surface area contributed by atoms with Gasteiger partial charge in [-0.25, -0.2) is 4.79 Å². The highest BCUT2D eigenvalue weighted by Crippen LogP contribution is 2.17. The maximum Gasteiger partial charge on any atom is 0.323 e. The van der Waals surface area contributed by atoms with Crippen LogP contribution in [0.3, 0.4) is 0 Å². The minimum atomic E-state index is -0.295. The molecular formula is C19H22N4O2S. The number of imidazole rings is 1. The van der Waals surface area contributed by atoms with Crippen LogP contribution in [0.2, 0.25) is 0 Å². The highest BCUT2D eigenvalue weighted by Gasteiger charge is 2.18. The zero-order valence-electron chi connectivity index (χ0n) is 15.0. The Balaban J connectivity index is 1.64. The van der Waals surface area contributed by atoms with Crippen LogP contribution in [0, 0.1) is 0 Å². The van der Waals surface area contributed by atoms with Crippen molar-refractivity contribution >= 4 is 34.4 Å². The van der Waals surface area contributed by atoms with Crippen molar-refractivity contribution in [2.75, 3.05) is 18.6 Å². The summed E-state index contributed by atoms with van der Waals surface area (Å²) in [6, 6.07) is 13.3. The number of nitrogens with one attached hydrogen (secondary N) is 3. The van der Waals surface area contributed by atoms with Crippen LogP contribution in [0.4, 0.5) is 5.69 Å². The van der Waals surface area contributed by atoms with E-state index in [4.69, 9.17) is 0 Å². The molecule has 3 N–H and O–H groups in total. The Kier molecular flexibility index (Phi) is 5.49. The predicted octanol–water partition coefficient (Wildman–Crippen LogP) is 3.04. The summed E-state index contributed by atoms with van der Waals surface area (Å²) in [4.78, 5) is 32.5. The van der Waals surface area contributed by atoms with Crippen molar-refractivity contribution in [1.82, 2.24) is 14.9 Å². The Hall–Kier alpha value is -2.51. The highest BCUT2D eigenvalue weighted by atomic mass is 32.2. The van der Waals surface area contributed by atoms with Crippen LogP contribution in [-0.2, 0) is 11.3 Å². The lowest BCUT2D eigenvalue weighted by Gasteiger charge is -2.24. The zero-order valence-corrected chi connectivity index (χ0v) is 15.8. The third kappa shape index (κ3) is 4.17. The number of hydrogen-bond acceptors (Lipinski definition) is 4. The van der Waals surface area contributed by atoms with Gasteiger partial charge in [-0.3, -0.25) is 9.69 Å². The van der Waals surface area contributed by atoms with Crippen LogP contribution in [0.1, 0.15) is 12.5 Å². The standard InChI is InChI=1S/C19H22N4O2S/c1-12(23(2)11-13-4-7-15(26-3)8-5-13)18(24)20-14-6-9-16-17(10-14)22-19(25)21-16/h4-10,12H,11H2,1-3H3,(H,20,24)(H2,21,22,25). The van der Waals surface area contributed by atoms with E-state index in [0.29, 0.717) is 23.3 Å². The number of anilines is 1. The molecule has 26 heavy (non-hydrogen) atoms. The van der Waals surface area contributed by atoms with Crippen molar-refractivity contribution < 1.29 is 4.79 Å². The molecule has 0 fully saturated rings. The molecule has 1 atom stereocenters. The molecule has 0 radical (unpaired) electrons. The first-order valence-corrected chi connectivity index (χ1v) is 9.55. The van der Waals surface area contributed by atoms with Gasteiger partial charge in [0.1, 0.15) is 0 Å². The molecule has 0 bridgehead atoms. The molecule has 1 aromatic heterocycles. The van der Waals surface area contributed by atoms with Crippen molar-refractivity contribution in [3.8, 4) is 0 Å². The molecule has 1 heterocycles. The maximum absolute atomic E-state index is 12.5. The SMILES string of the molecule is CSc1ccc(CN(C)C(C)C(=O)Nc2ccc3[nH]c(=O)[nH]c3c2)cc1. The minimum absolute atomic E-state index is 0.0922. The van der Waals surface area contributed by atoms with Gasteiger partial charge in [0.05, 0.1) is 17.1 Å². The minimum Gasteiger partial charge on any atom is -0.325 e. The Morgan fingerprint density at radius 3 is 2.54 bits per heavy atom. The molecule has 136 valence electrons. The van der Waals surface area contributed by atoms with Gasteiger partial charge in [-0.2, -0.15) is 0 Å². The first-order valence-electron chi connectivity index (χ1n) is 8.32. The van der Waals surface area contributed by atoms with Gasteiger partial charge in [0.25, 0.3) is 0 Å². The zero-order chi connectivity index (χ0) is 18.7. The fraction of sp³-hybridized carbons (Fsp3) is 0.263. The first kappa shape index (κ1) is 18.3. The van der Waals surface area contributed by atoms with Crippen molar-refractivity contribution in [1.29, 1.82) is 0 Å². The molecule has 0 spiro atoms. The van der Waals surface area contributed by atoms with E-state index < -0.39 is 0 Å². The summed E-state index contributed by atoms with van der Waals surface area (Å²) in [5.74, 6) is -0.0922. The van der Waals surface area contributed by atoms with Gasteiger partial charge in [0.15, 0.2) is 0 Å². The van der Waals surface area contributed by atoms with Gasteiger partial charge >= 0.3 is 5.69 Å². The van der Waals surface area contributed by atoms with E-state index in [2.05, 4.69) is 39.6 Å². The number of amides is 1. The molecule has 0 saturated carbocycles. The topological polar surface area (TPSA) is 81.0 Å². The number of thioether (sulfide) groups is 1. The number of H-pyrrole nitrogens is 2. The summed E-state index contributed by atoms with van der Waals surface area (Å²) in [5, 5.41) is 2.91. The maximum atomic E-state index is 12.5. The molecular weight excluding hydrogens is 348 g/mol. The van der Waals surface area contributed by atoms with Crippen molar-refractivity contribution in [3.05, 3.63) is 58.5 Å². The molecule has 7 heteroatoms. The average Bonchev–Trinajstić information content (AvgIpc) is 3.00. The number of likely N-dealkylation sites (N-methyl/N-ethyl adjacent to an activating group) is 1. The number of aromatic nitrogens is 2. The number of carbonyl (C=O) groups excluding carboxylic acids is 1. The first-order chi connectivity index (χ1) is 12.5. The van der Waals surface area contributed by atoms with Gasteiger partial charge in [0, 0.05) is 17.1 Å². The van der Waals surface area contributed by atoms with Crippen molar-refractivity contribution in [2.24, 2.45) is 0 Å². The molecule has 2 aromatic carbocycles. The van der Waals surface area contributed by atoms with Crippen LogP contribution in [0.5, 0.6) is 0 Å². The van der Waals surface area contributed by atoms with Crippen LogP contribution < -0.4 is 11.0 Å². The summed E-state index contributed by atoms with van der Waals surface area (Å²) < 4.78 is 0. The fourth-order valence-corrected chi connectivity index (χ4v) is 3.12. The largest absolute Gasteiger partial charge is 0.325 e. The Bertz CT molecular complexity index is 962. The second-order valence-corrected chi connectivity index (χ2v) is 7.15. The molecule has 1 amide bonds. The molecule has 1 unspecified atom stereocenters.